The number of anilines is 2. The minimum absolute atomic E-state index is 0.0527. The fourth-order valence-electron chi connectivity index (χ4n) is 2.82. The van der Waals surface area contributed by atoms with Crippen molar-refractivity contribution in [1.29, 1.82) is 0 Å². The Hall–Kier alpha value is -3.61. The summed E-state index contributed by atoms with van der Waals surface area (Å²) < 4.78 is 0. The SMILES string of the molecule is O=C(O)c1ccccc1N[C@H]1C=CC(=O)[C@H]1Nc1ccccc1C(=O)O. The van der Waals surface area contributed by atoms with E-state index in [0.717, 1.165) is 0 Å². The van der Waals surface area contributed by atoms with E-state index in [-0.39, 0.29) is 16.9 Å². The van der Waals surface area contributed by atoms with Gasteiger partial charge in [0, 0.05) is 11.4 Å². The number of para-hydroxylation sites is 2. The summed E-state index contributed by atoms with van der Waals surface area (Å²) in [5.41, 5.74) is 0.838. The van der Waals surface area contributed by atoms with Crippen molar-refractivity contribution in [3.63, 3.8) is 0 Å². The molecule has 132 valence electrons. The summed E-state index contributed by atoms with van der Waals surface area (Å²) in [6, 6.07) is 11.4. The first kappa shape index (κ1) is 17.2. The van der Waals surface area contributed by atoms with Crippen LogP contribution in [-0.4, -0.2) is 40.0 Å². The number of carboxylic acids is 2. The van der Waals surface area contributed by atoms with E-state index in [9.17, 15) is 24.6 Å². The second-order valence-corrected chi connectivity index (χ2v) is 5.76. The molecule has 1 aliphatic carbocycles. The number of benzene rings is 2. The van der Waals surface area contributed by atoms with Gasteiger partial charge in [0.1, 0.15) is 6.04 Å². The summed E-state index contributed by atoms with van der Waals surface area (Å²) in [5.74, 6) is -2.41. The lowest BCUT2D eigenvalue weighted by Gasteiger charge is -2.24. The molecule has 0 unspecified atom stereocenters. The van der Waals surface area contributed by atoms with Gasteiger partial charge in [-0.15, -0.1) is 0 Å². The number of hydrogen-bond donors (Lipinski definition) is 4. The highest BCUT2D eigenvalue weighted by molar-refractivity contribution is 6.02. The Morgan fingerprint density at radius 3 is 1.85 bits per heavy atom. The molecule has 1 aliphatic rings. The lowest BCUT2D eigenvalue weighted by molar-refractivity contribution is -0.114. The predicted molar refractivity (Wildman–Crippen MR) is 95.8 cm³/mol. The Bertz CT molecular complexity index is 906. The molecule has 0 fully saturated rings. The number of rotatable bonds is 6. The van der Waals surface area contributed by atoms with Crippen molar-refractivity contribution in [1.82, 2.24) is 0 Å². The van der Waals surface area contributed by atoms with Crippen LogP contribution in [0.15, 0.2) is 60.7 Å². The first-order valence-electron chi connectivity index (χ1n) is 7.87. The maximum atomic E-state index is 12.2. The molecule has 7 heteroatoms. The van der Waals surface area contributed by atoms with Crippen LogP contribution in [0.25, 0.3) is 0 Å². The molecule has 0 aromatic heterocycles. The maximum Gasteiger partial charge on any atom is 0.337 e. The number of ketones is 1. The van der Waals surface area contributed by atoms with E-state index >= 15 is 0 Å². The van der Waals surface area contributed by atoms with E-state index in [2.05, 4.69) is 10.6 Å². The molecule has 0 aliphatic heterocycles. The summed E-state index contributed by atoms with van der Waals surface area (Å²) in [4.78, 5) is 34.9. The van der Waals surface area contributed by atoms with Gasteiger partial charge in [0.2, 0.25) is 0 Å². The molecule has 2 aromatic carbocycles. The van der Waals surface area contributed by atoms with Crippen LogP contribution in [0.2, 0.25) is 0 Å². The molecule has 26 heavy (non-hydrogen) atoms. The molecule has 0 heterocycles. The second-order valence-electron chi connectivity index (χ2n) is 5.76. The molecular formula is C19H16N2O5. The van der Waals surface area contributed by atoms with Gasteiger partial charge in [0.25, 0.3) is 0 Å². The lowest BCUT2D eigenvalue weighted by Crippen LogP contribution is -2.40. The molecule has 0 saturated carbocycles. The van der Waals surface area contributed by atoms with Crippen LogP contribution < -0.4 is 10.6 Å². The van der Waals surface area contributed by atoms with Crippen LogP contribution in [0.4, 0.5) is 11.4 Å². The highest BCUT2D eigenvalue weighted by Crippen LogP contribution is 2.24. The third-order valence-corrected chi connectivity index (χ3v) is 4.08. The van der Waals surface area contributed by atoms with Crippen molar-refractivity contribution < 1.29 is 24.6 Å². The summed E-state index contributed by atoms with van der Waals surface area (Å²) in [5, 5.41) is 24.6. The van der Waals surface area contributed by atoms with Crippen molar-refractivity contribution in [2.24, 2.45) is 0 Å². The molecule has 0 spiro atoms. The molecule has 2 aromatic rings. The smallest absolute Gasteiger partial charge is 0.337 e. The van der Waals surface area contributed by atoms with Gasteiger partial charge in [-0.05, 0) is 30.3 Å². The van der Waals surface area contributed by atoms with Gasteiger partial charge >= 0.3 is 11.9 Å². The van der Waals surface area contributed by atoms with Crippen molar-refractivity contribution in [3.8, 4) is 0 Å². The van der Waals surface area contributed by atoms with Gasteiger partial charge in [-0.1, -0.05) is 30.3 Å². The monoisotopic (exact) mass is 352 g/mol. The zero-order chi connectivity index (χ0) is 18.7. The van der Waals surface area contributed by atoms with E-state index in [4.69, 9.17) is 0 Å². The van der Waals surface area contributed by atoms with Crippen LogP contribution in [0, 0.1) is 0 Å². The normalized spacial score (nSPS) is 18.5. The minimum atomic E-state index is -1.10. The zero-order valence-corrected chi connectivity index (χ0v) is 13.5. The van der Waals surface area contributed by atoms with E-state index in [1.807, 2.05) is 0 Å². The molecule has 3 rings (SSSR count). The Labute approximate surface area is 149 Å². The largest absolute Gasteiger partial charge is 0.478 e. The number of aromatic carboxylic acids is 2. The Morgan fingerprint density at radius 1 is 0.808 bits per heavy atom. The van der Waals surface area contributed by atoms with E-state index in [1.165, 1.54) is 18.2 Å². The second kappa shape index (κ2) is 7.10. The molecule has 0 bridgehead atoms. The minimum Gasteiger partial charge on any atom is -0.478 e. The number of nitrogens with one attached hydrogen (secondary N) is 2. The molecular weight excluding hydrogens is 336 g/mol. The van der Waals surface area contributed by atoms with Crippen molar-refractivity contribution in [2.45, 2.75) is 12.1 Å². The summed E-state index contributed by atoms with van der Waals surface area (Å²) in [7, 11) is 0. The van der Waals surface area contributed by atoms with Crippen LogP contribution >= 0.6 is 0 Å². The van der Waals surface area contributed by atoms with E-state index in [0.29, 0.717) is 11.4 Å². The zero-order valence-electron chi connectivity index (χ0n) is 13.5. The van der Waals surface area contributed by atoms with Gasteiger partial charge in [0.15, 0.2) is 5.78 Å². The highest BCUT2D eigenvalue weighted by atomic mass is 16.4. The summed E-state index contributed by atoms with van der Waals surface area (Å²) in [6.45, 7) is 0. The first-order valence-corrected chi connectivity index (χ1v) is 7.87. The quantitative estimate of drug-likeness (QED) is 0.631. The van der Waals surface area contributed by atoms with Gasteiger partial charge in [-0.25, -0.2) is 9.59 Å². The van der Waals surface area contributed by atoms with Crippen LogP contribution in [0.1, 0.15) is 20.7 Å². The predicted octanol–water partition coefficient (Wildman–Crippen LogP) is 2.48. The Morgan fingerprint density at radius 2 is 1.31 bits per heavy atom. The first-order chi connectivity index (χ1) is 12.5. The van der Waals surface area contributed by atoms with Crippen LogP contribution in [0.3, 0.4) is 0 Å². The maximum absolute atomic E-state index is 12.2. The standard InChI is InChI=1S/C19H16N2O5/c22-16-10-9-15(20-13-7-3-1-5-11(13)18(23)24)17(16)21-14-8-4-2-6-12(14)19(25)26/h1-10,15,17,20-21H,(H,23,24)(H,25,26)/t15-,17-/m0/s1. The molecule has 2 atom stereocenters. The number of carbonyl (C=O) groups is 3. The van der Waals surface area contributed by atoms with Gasteiger partial charge < -0.3 is 20.8 Å². The third kappa shape index (κ3) is 3.41. The van der Waals surface area contributed by atoms with Crippen molar-refractivity contribution >= 4 is 29.1 Å². The number of carboxylic acid groups (broad SMARTS) is 2. The van der Waals surface area contributed by atoms with Crippen molar-refractivity contribution in [3.05, 3.63) is 71.8 Å². The molecule has 7 nitrogen and oxygen atoms in total. The number of carbonyl (C=O) groups excluding carboxylic acids is 1. The fraction of sp³-hybridized carbons (Fsp3) is 0.105. The van der Waals surface area contributed by atoms with Gasteiger partial charge in [-0.2, -0.15) is 0 Å². The molecule has 0 amide bonds. The fourth-order valence-corrected chi connectivity index (χ4v) is 2.82. The average Bonchev–Trinajstić information content (AvgIpc) is 2.95. The number of hydrogen-bond acceptors (Lipinski definition) is 5. The van der Waals surface area contributed by atoms with Crippen molar-refractivity contribution in [2.75, 3.05) is 10.6 Å². The lowest BCUT2D eigenvalue weighted by atomic mass is 10.1. The molecule has 4 N–H and O–H groups in total. The Balaban J connectivity index is 1.86. The van der Waals surface area contributed by atoms with Gasteiger partial charge in [-0.3, -0.25) is 4.79 Å². The van der Waals surface area contributed by atoms with E-state index < -0.39 is 24.0 Å². The van der Waals surface area contributed by atoms with Crippen LogP contribution in [0.5, 0.6) is 0 Å². The third-order valence-electron chi connectivity index (χ3n) is 4.08. The summed E-state index contributed by atoms with van der Waals surface area (Å²) >= 11 is 0. The molecule has 0 radical (unpaired) electrons. The van der Waals surface area contributed by atoms with Gasteiger partial charge in [0.05, 0.1) is 17.2 Å². The highest BCUT2D eigenvalue weighted by Gasteiger charge is 2.31. The topological polar surface area (TPSA) is 116 Å². The summed E-state index contributed by atoms with van der Waals surface area (Å²) in [6.07, 6.45) is 3.02. The van der Waals surface area contributed by atoms with Crippen LogP contribution in [-0.2, 0) is 4.79 Å². The molecule has 0 saturated heterocycles. The average molecular weight is 352 g/mol. The van der Waals surface area contributed by atoms with E-state index in [1.54, 1.807) is 42.5 Å². The Kier molecular flexibility index (Phi) is 4.70.